The average molecular weight is 241 g/mol. The normalized spacial score (nSPS) is 15.6. The molecule has 0 aromatic rings. The lowest BCUT2D eigenvalue weighted by Crippen LogP contribution is -2.46. The van der Waals surface area contributed by atoms with Gasteiger partial charge in [-0.3, -0.25) is 0 Å². The Bertz CT molecular complexity index is 196. The predicted molar refractivity (Wildman–Crippen MR) is 76.4 cm³/mol. The topological polar surface area (TPSA) is 21.3 Å². The number of allylic oxidation sites excluding steroid dienone is 1. The molecular weight excluding hydrogens is 210 g/mol. The van der Waals surface area contributed by atoms with E-state index in [-0.39, 0.29) is 11.5 Å². The third kappa shape index (κ3) is 6.85. The first-order valence-electron chi connectivity index (χ1n) is 6.78. The number of likely N-dealkylation sites (N-methyl/N-ethyl adjacent to an activating group) is 1. The van der Waals surface area contributed by atoms with E-state index < -0.39 is 0 Å². The number of nitrogens with one attached hydrogen (secondary N) is 1. The first-order valence-corrected chi connectivity index (χ1v) is 6.78. The molecule has 0 fully saturated rings. The summed E-state index contributed by atoms with van der Waals surface area (Å²) in [5.74, 6) is 0. The summed E-state index contributed by atoms with van der Waals surface area (Å²) in [6.45, 7) is 10.5. The first-order chi connectivity index (χ1) is 7.97. The zero-order valence-corrected chi connectivity index (χ0v) is 12.4. The highest BCUT2D eigenvalue weighted by Crippen LogP contribution is 2.26. The molecule has 2 atom stereocenters. The van der Waals surface area contributed by atoms with Crippen molar-refractivity contribution in [3.63, 3.8) is 0 Å². The van der Waals surface area contributed by atoms with E-state index in [4.69, 9.17) is 4.74 Å². The molecule has 0 aliphatic carbocycles. The van der Waals surface area contributed by atoms with Crippen molar-refractivity contribution in [3.8, 4) is 0 Å². The van der Waals surface area contributed by atoms with Crippen LogP contribution in [0.3, 0.4) is 0 Å². The van der Waals surface area contributed by atoms with E-state index in [1.54, 1.807) is 0 Å². The molecule has 0 saturated heterocycles. The molecule has 2 nitrogen and oxygen atoms in total. The molecule has 0 heterocycles. The van der Waals surface area contributed by atoms with Gasteiger partial charge >= 0.3 is 0 Å². The van der Waals surface area contributed by atoms with Crippen LogP contribution < -0.4 is 5.32 Å². The first kappa shape index (κ1) is 16.7. The maximum Gasteiger partial charge on any atom is 0.0772 e. The fourth-order valence-corrected chi connectivity index (χ4v) is 2.40. The second-order valence-electron chi connectivity index (χ2n) is 5.84. The zero-order valence-electron chi connectivity index (χ0n) is 12.4. The highest BCUT2D eigenvalue weighted by Gasteiger charge is 2.30. The summed E-state index contributed by atoms with van der Waals surface area (Å²) in [6, 6.07) is 0.448. The van der Waals surface area contributed by atoms with Crippen LogP contribution in [0.4, 0.5) is 0 Å². The van der Waals surface area contributed by atoms with Gasteiger partial charge < -0.3 is 10.1 Å². The van der Waals surface area contributed by atoms with Gasteiger partial charge in [0, 0.05) is 13.2 Å². The molecule has 0 aromatic carbocycles. The van der Waals surface area contributed by atoms with Crippen LogP contribution >= 0.6 is 0 Å². The molecular formula is C15H31NO. The number of hydrogen-bond acceptors (Lipinski definition) is 2. The van der Waals surface area contributed by atoms with Crippen LogP contribution in [0.2, 0.25) is 0 Å². The van der Waals surface area contributed by atoms with E-state index in [1.165, 1.54) is 25.7 Å². The maximum atomic E-state index is 5.67. The van der Waals surface area contributed by atoms with Gasteiger partial charge in [0.15, 0.2) is 0 Å². The van der Waals surface area contributed by atoms with Crippen molar-refractivity contribution in [1.29, 1.82) is 0 Å². The molecule has 0 amide bonds. The molecule has 0 aromatic heterocycles. The Hall–Kier alpha value is -0.340. The molecule has 2 unspecified atom stereocenters. The van der Waals surface area contributed by atoms with Crippen LogP contribution in [0.25, 0.3) is 0 Å². The fraction of sp³-hybridized carbons (Fsp3) is 0.867. The summed E-state index contributed by atoms with van der Waals surface area (Å²) >= 11 is 0. The summed E-state index contributed by atoms with van der Waals surface area (Å²) in [6.07, 6.45) is 8.39. The third-order valence-electron chi connectivity index (χ3n) is 3.27. The molecule has 17 heavy (non-hydrogen) atoms. The number of rotatable bonds is 9. The minimum Gasteiger partial charge on any atom is -0.379 e. The van der Waals surface area contributed by atoms with Gasteiger partial charge in [0.25, 0.3) is 0 Å². The Labute approximate surface area is 108 Å². The molecule has 2 heteroatoms. The zero-order chi connectivity index (χ0) is 13.3. The van der Waals surface area contributed by atoms with Gasteiger partial charge in [-0.2, -0.15) is 0 Å². The lowest BCUT2D eigenvalue weighted by atomic mass is 9.82. The van der Waals surface area contributed by atoms with Gasteiger partial charge in [-0.05, 0) is 31.7 Å². The van der Waals surface area contributed by atoms with Crippen molar-refractivity contribution >= 4 is 0 Å². The van der Waals surface area contributed by atoms with Crippen LogP contribution in [0.5, 0.6) is 0 Å². The number of hydrogen-bond donors (Lipinski definition) is 1. The fourth-order valence-electron chi connectivity index (χ4n) is 2.40. The van der Waals surface area contributed by atoms with E-state index in [0.717, 1.165) is 6.42 Å². The Balaban J connectivity index is 4.07. The van der Waals surface area contributed by atoms with Crippen molar-refractivity contribution in [1.82, 2.24) is 5.32 Å². The lowest BCUT2D eigenvalue weighted by molar-refractivity contribution is -0.0118. The van der Waals surface area contributed by atoms with Crippen molar-refractivity contribution in [3.05, 3.63) is 12.7 Å². The monoisotopic (exact) mass is 241 g/mol. The minimum atomic E-state index is 0.184. The molecule has 0 radical (unpaired) electrons. The number of methoxy groups -OCH3 is 1. The minimum absolute atomic E-state index is 0.184. The summed E-state index contributed by atoms with van der Waals surface area (Å²) < 4.78 is 5.67. The van der Waals surface area contributed by atoms with E-state index in [9.17, 15) is 0 Å². The van der Waals surface area contributed by atoms with Crippen LogP contribution in [0, 0.1) is 5.41 Å². The molecule has 102 valence electrons. The molecule has 0 bridgehead atoms. The van der Waals surface area contributed by atoms with Crippen molar-refractivity contribution in [2.75, 3.05) is 14.2 Å². The largest absolute Gasteiger partial charge is 0.379 e. The average Bonchev–Trinajstić information content (AvgIpc) is 2.25. The Kier molecular flexibility index (Phi) is 8.53. The highest BCUT2D eigenvalue weighted by molar-refractivity contribution is 4.85. The van der Waals surface area contributed by atoms with E-state index >= 15 is 0 Å². The summed E-state index contributed by atoms with van der Waals surface area (Å²) in [5, 5.41) is 3.41. The van der Waals surface area contributed by atoms with E-state index in [0.29, 0.717) is 6.04 Å². The predicted octanol–water partition coefficient (Wildman–Crippen LogP) is 3.77. The molecule has 0 saturated carbocycles. The standard InChI is InChI=1S/C15H31NO/c1-7-8-9-10-11-12-13(16-5)14(17-6)15(2,3)4/h7,13-14,16H,1,8-12H2,2-6H3. The van der Waals surface area contributed by atoms with E-state index in [2.05, 4.69) is 32.7 Å². The highest BCUT2D eigenvalue weighted by atomic mass is 16.5. The van der Waals surface area contributed by atoms with Crippen LogP contribution in [-0.2, 0) is 4.74 Å². The van der Waals surface area contributed by atoms with Gasteiger partial charge in [0.05, 0.1) is 6.10 Å². The Morgan fingerprint density at radius 3 is 2.29 bits per heavy atom. The van der Waals surface area contributed by atoms with Gasteiger partial charge in [0.2, 0.25) is 0 Å². The summed E-state index contributed by atoms with van der Waals surface area (Å²) in [5.41, 5.74) is 0.184. The van der Waals surface area contributed by atoms with E-state index in [1.807, 2.05) is 20.2 Å². The molecule has 0 aliphatic rings. The number of unbranched alkanes of at least 4 members (excludes halogenated alkanes) is 3. The Morgan fingerprint density at radius 1 is 1.24 bits per heavy atom. The lowest BCUT2D eigenvalue weighted by Gasteiger charge is -2.36. The van der Waals surface area contributed by atoms with Crippen molar-refractivity contribution in [2.45, 2.75) is 65.0 Å². The molecule has 0 spiro atoms. The van der Waals surface area contributed by atoms with Gasteiger partial charge in [-0.25, -0.2) is 0 Å². The van der Waals surface area contributed by atoms with Crippen LogP contribution in [0.1, 0.15) is 52.9 Å². The summed E-state index contributed by atoms with van der Waals surface area (Å²) in [4.78, 5) is 0. The molecule has 0 rings (SSSR count). The third-order valence-corrected chi connectivity index (χ3v) is 3.27. The van der Waals surface area contributed by atoms with Crippen LogP contribution in [0.15, 0.2) is 12.7 Å². The van der Waals surface area contributed by atoms with Crippen LogP contribution in [-0.4, -0.2) is 26.3 Å². The number of ether oxygens (including phenoxy) is 1. The SMILES string of the molecule is C=CCCCCCC(NC)C(OC)C(C)(C)C. The summed E-state index contributed by atoms with van der Waals surface area (Å²) in [7, 11) is 3.85. The van der Waals surface area contributed by atoms with Gasteiger partial charge in [-0.1, -0.05) is 39.7 Å². The quantitative estimate of drug-likeness (QED) is 0.490. The second kappa shape index (κ2) is 8.71. The molecule has 0 aliphatic heterocycles. The van der Waals surface area contributed by atoms with Crippen molar-refractivity contribution < 1.29 is 4.74 Å². The second-order valence-corrected chi connectivity index (χ2v) is 5.84. The molecule has 1 N–H and O–H groups in total. The van der Waals surface area contributed by atoms with Gasteiger partial charge in [0.1, 0.15) is 0 Å². The van der Waals surface area contributed by atoms with Gasteiger partial charge in [-0.15, -0.1) is 6.58 Å². The smallest absolute Gasteiger partial charge is 0.0772 e. The Morgan fingerprint density at radius 2 is 1.88 bits per heavy atom. The van der Waals surface area contributed by atoms with Crippen molar-refractivity contribution in [2.24, 2.45) is 5.41 Å². The maximum absolute atomic E-state index is 5.67.